The monoisotopic (exact) mass is 298 g/mol. The Labute approximate surface area is 116 Å². The first-order valence-electron chi connectivity index (χ1n) is 6.47. The fraction of sp³-hybridized carbons (Fsp3) is 0.462. The number of nitrogens with one attached hydrogen (secondary N) is 1. The second-order valence-electron chi connectivity index (χ2n) is 5.50. The topological polar surface area (TPSA) is 89.3 Å². The van der Waals surface area contributed by atoms with Gasteiger partial charge in [0.2, 0.25) is 15.9 Å². The summed E-state index contributed by atoms with van der Waals surface area (Å²) in [7, 11) is -3.61. The molecular formula is C13H15FN2O3S. The summed E-state index contributed by atoms with van der Waals surface area (Å²) in [4.78, 5) is 12.2. The van der Waals surface area contributed by atoms with E-state index in [0.29, 0.717) is 25.7 Å². The van der Waals surface area contributed by atoms with Gasteiger partial charge in [-0.1, -0.05) is 6.07 Å². The van der Waals surface area contributed by atoms with Crippen LogP contribution in [0, 0.1) is 5.82 Å². The van der Waals surface area contributed by atoms with Crippen LogP contribution in [-0.4, -0.2) is 19.6 Å². The Morgan fingerprint density at radius 1 is 1.35 bits per heavy atom. The number of nitrogen functional groups attached to an aromatic ring is 1. The van der Waals surface area contributed by atoms with E-state index in [1.54, 1.807) is 0 Å². The molecule has 1 amide bonds. The predicted molar refractivity (Wildman–Crippen MR) is 71.8 cm³/mol. The van der Waals surface area contributed by atoms with Gasteiger partial charge in [0.15, 0.2) is 0 Å². The van der Waals surface area contributed by atoms with Crippen LogP contribution in [0.25, 0.3) is 0 Å². The van der Waals surface area contributed by atoms with Gasteiger partial charge in [-0.05, 0) is 37.8 Å². The molecule has 20 heavy (non-hydrogen) atoms. The number of carbonyl (C=O) groups excluding carboxylic acids is 1. The summed E-state index contributed by atoms with van der Waals surface area (Å²) in [5.41, 5.74) is 4.91. The third-order valence-electron chi connectivity index (χ3n) is 3.89. The van der Waals surface area contributed by atoms with Crippen LogP contribution in [0.1, 0.15) is 31.2 Å². The summed E-state index contributed by atoms with van der Waals surface area (Å²) >= 11 is 0. The molecule has 2 fully saturated rings. The lowest BCUT2D eigenvalue weighted by Gasteiger charge is -2.16. The highest BCUT2D eigenvalue weighted by Crippen LogP contribution is 2.49. The Kier molecular flexibility index (Phi) is 2.79. The Bertz CT molecular complexity index is 679. The first kappa shape index (κ1) is 13.4. The Balaban J connectivity index is 1.87. The van der Waals surface area contributed by atoms with E-state index < -0.39 is 32.4 Å². The lowest BCUT2D eigenvalue weighted by molar-refractivity contribution is -0.121. The molecule has 0 unspecified atom stereocenters. The van der Waals surface area contributed by atoms with Crippen molar-refractivity contribution in [2.75, 3.05) is 5.73 Å². The third-order valence-corrected chi connectivity index (χ3v) is 5.71. The van der Waals surface area contributed by atoms with Gasteiger partial charge in [-0.15, -0.1) is 0 Å². The normalized spacial score (nSPS) is 20.4. The summed E-state index contributed by atoms with van der Waals surface area (Å²) in [6.45, 7) is 0. The van der Waals surface area contributed by atoms with Crippen LogP contribution in [0.5, 0.6) is 0 Å². The molecule has 5 nitrogen and oxygen atoms in total. The molecule has 1 aromatic carbocycles. The molecule has 0 aliphatic heterocycles. The molecule has 7 heteroatoms. The van der Waals surface area contributed by atoms with Gasteiger partial charge in [-0.3, -0.25) is 9.52 Å². The zero-order valence-electron chi connectivity index (χ0n) is 10.7. The second kappa shape index (κ2) is 4.18. The minimum absolute atomic E-state index is 0.218. The van der Waals surface area contributed by atoms with Crippen molar-refractivity contribution in [3.05, 3.63) is 29.6 Å². The Morgan fingerprint density at radius 2 is 2.00 bits per heavy atom. The number of hydrogen-bond acceptors (Lipinski definition) is 4. The van der Waals surface area contributed by atoms with Gasteiger partial charge < -0.3 is 5.73 Å². The molecule has 0 heterocycles. The number of halogens is 1. The van der Waals surface area contributed by atoms with E-state index in [9.17, 15) is 17.6 Å². The van der Waals surface area contributed by atoms with E-state index in [4.69, 9.17) is 5.73 Å². The average molecular weight is 298 g/mol. The van der Waals surface area contributed by atoms with Crippen molar-refractivity contribution >= 4 is 21.6 Å². The second-order valence-corrected chi connectivity index (χ2v) is 7.46. The van der Waals surface area contributed by atoms with Gasteiger partial charge in [0.25, 0.3) is 0 Å². The highest BCUT2D eigenvalue weighted by molar-refractivity contribution is 7.90. The van der Waals surface area contributed by atoms with Crippen LogP contribution < -0.4 is 10.5 Å². The van der Waals surface area contributed by atoms with Crippen molar-refractivity contribution in [3.8, 4) is 0 Å². The van der Waals surface area contributed by atoms with Crippen molar-refractivity contribution in [1.82, 2.24) is 4.72 Å². The lowest BCUT2D eigenvalue weighted by Crippen LogP contribution is -2.40. The Hall–Kier alpha value is -1.63. The van der Waals surface area contributed by atoms with Crippen LogP contribution in [0.2, 0.25) is 0 Å². The molecule has 0 aromatic heterocycles. The molecule has 0 bridgehead atoms. The van der Waals surface area contributed by atoms with Crippen molar-refractivity contribution < 1.29 is 17.6 Å². The molecule has 3 N–H and O–H groups in total. The number of nitrogens with two attached hydrogens (primary N) is 1. The molecule has 3 rings (SSSR count). The number of benzene rings is 1. The van der Waals surface area contributed by atoms with Gasteiger partial charge in [0.1, 0.15) is 5.82 Å². The quantitative estimate of drug-likeness (QED) is 0.813. The number of carbonyl (C=O) groups is 1. The summed E-state index contributed by atoms with van der Waals surface area (Å²) in [6.07, 6.45) is 2.04. The summed E-state index contributed by atoms with van der Waals surface area (Å²) < 4.78 is 39.6. The van der Waals surface area contributed by atoms with Gasteiger partial charge >= 0.3 is 0 Å². The maximum Gasteiger partial charge on any atom is 0.244 e. The number of amides is 1. The fourth-order valence-corrected chi connectivity index (χ4v) is 3.73. The highest BCUT2D eigenvalue weighted by Gasteiger charge is 2.54. The van der Waals surface area contributed by atoms with Crippen molar-refractivity contribution in [2.24, 2.45) is 0 Å². The predicted octanol–water partition coefficient (Wildman–Crippen LogP) is 1.05. The molecule has 0 atom stereocenters. The van der Waals surface area contributed by atoms with Crippen LogP contribution in [0.15, 0.2) is 18.2 Å². The SMILES string of the molecule is Nc1ccc(C2(C(=O)NS(=O)(=O)C3CC3)CC2)c(F)c1. The fourth-order valence-electron chi connectivity index (χ4n) is 2.35. The van der Waals surface area contributed by atoms with Crippen molar-refractivity contribution in [3.63, 3.8) is 0 Å². The number of sulfonamides is 1. The van der Waals surface area contributed by atoms with E-state index in [-0.39, 0.29) is 11.3 Å². The van der Waals surface area contributed by atoms with Crippen LogP contribution in [0.4, 0.5) is 10.1 Å². The van der Waals surface area contributed by atoms with Gasteiger partial charge in [0, 0.05) is 11.3 Å². The van der Waals surface area contributed by atoms with Crippen LogP contribution in [-0.2, 0) is 20.2 Å². The van der Waals surface area contributed by atoms with Gasteiger partial charge in [-0.2, -0.15) is 0 Å². The van der Waals surface area contributed by atoms with Gasteiger partial charge in [0.05, 0.1) is 10.7 Å². The first-order valence-corrected chi connectivity index (χ1v) is 8.01. The minimum Gasteiger partial charge on any atom is -0.399 e. The number of anilines is 1. The molecule has 2 saturated carbocycles. The summed E-state index contributed by atoms with van der Waals surface area (Å²) in [6, 6.07) is 4.13. The zero-order chi connectivity index (χ0) is 14.5. The van der Waals surface area contributed by atoms with E-state index >= 15 is 0 Å². The van der Waals surface area contributed by atoms with Crippen molar-refractivity contribution in [1.29, 1.82) is 0 Å². The molecule has 0 radical (unpaired) electrons. The largest absolute Gasteiger partial charge is 0.399 e. The maximum atomic E-state index is 13.9. The van der Waals surface area contributed by atoms with Crippen LogP contribution in [0.3, 0.4) is 0 Å². The Morgan fingerprint density at radius 3 is 2.50 bits per heavy atom. The molecule has 1 aromatic rings. The zero-order valence-corrected chi connectivity index (χ0v) is 11.5. The molecule has 0 spiro atoms. The molecule has 2 aliphatic carbocycles. The third kappa shape index (κ3) is 2.15. The minimum atomic E-state index is -3.61. The average Bonchev–Trinajstić information content (AvgIpc) is 3.22. The molecule has 0 saturated heterocycles. The maximum absolute atomic E-state index is 13.9. The van der Waals surface area contributed by atoms with E-state index in [2.05, 4.69) is 4.72 Å². The lowest BCUT2D eigenvalue weighted by atomic mass is 9.94. The van der Waals surface area contributed by atoms with Gasteiger partial charge in [-0.25, -0.2) is 12.8 Å². The van der Waals surface area contributed by atoms with E-state index in [0.717, 1.165) is 6.07 Å². The van der Waals surface area contributed by atoms with E-state index in [1.165, 1.54) is 12.1 Å². The number of hydrogen-bond donors (Lipinski definition) is 2. The highest BCUT2D eigenvalue weighted by atomic mass is 32.2. The van der Waals surface area contributed by atoms with E-state index in [1.807, 2.05) is 0 Å². The van der Waals surface area contributed by atoms with Crippen molar-refractivity contribution in [2.45, 2.75) is 36.3 Å². The summed E-state index contributed by atoms with van der Waals surface area (Å²) in [5.74, 6) is -1.20. The molecular weight excluding hydrogens is 283 g/mol. The summed E-state index contributed by atoms with van der Waals surface area (Å²) in [5, 5.41) is -0.474. The molecule has 2 aliphatic rings. The standard InChI is InChI=1S/C13H15FN2O3S/c14-11-7-8(15)1-4-10(11)13(5-6-13)12(17)16-20(18,19)9-2-3-9/h1,4,7,9H,2-3,5-6,15H2,(H,16,17). The number of rotatable bonds is 4. The molecule has 108 valence electrons. The first-order chi connectivity index (χ1) is 9.35. The smallest absolute Gasteiger partial charge is 0.244 e. The van der Waals surface area contributed by atoms with Crippen LogP contribution >= 0.6 is 0 Å².